The van der Waals surface area contributed by atoms with E-state index in [1.807, 2.05) is 4.57 Å². The Bertz CT molecular complexity index is 792. The largest absolute Gasteiger partial charge is 0.296 e. The van der Waals surface area contributed by atoms with Gasteiger partial charge in [-0.1, -0.05) is 57.7 Å². The topological polar surface area (TPSA) is 34.9 Å². The molecule has 0 amide bonds. The lowest BCUT2D eigenvalue weighted by molar-refractivity contribution is 0.496. The van der Waals surface area contributed by atoms with Crippen LogP contribution in [0.15, 0.2) is 35.6 Å². The molecule has 0 bridgehead atoms. The molecule has 0 saturated heterocycles. The van der Waals surface area contributed by atoms with Crippen LogP contribution in [0, 0.1) is 0 Å². The highest BCUT2D eigenvalue weighted by molar-refractivity contribution is 5.71. The van der Waals surface area contributed by atoms with Gasteiger partial charge in [0.15, 0.2) is 0 Å². The van der Waals surface area contributed by atoms with Crippen molar-refractivity contribution in [1.82, 2.24) is 9.55 Å². The summed E-state index contributed by atoms with van der Waals surface area (Å²) in [5.41, 5.74) is 3.79. The van der Waals surface area contributed by atoms with Crippen LogP contribution in [-0.4, -0.2) is 9.55 Å². The summed E-state index contributed by atoms with van der Waals surface area (Å²) in [6, 6.07) is 8.38. The fraction of sp³-hybridized carbons (Fsp3) is 0.400. The summed E-state index contributed by atoms with van der Waals surface area (Å²) in [7, 11) is 0. The van der Waals surface area contributed by atoms with Crippen molar-refractivity contribution in [2.45, 2.75) is 52.0 Å². The summed E-state index contributed by atoms with van der Waals surface area (Å²) in [6.07, 6.45) is 4.66. The Hall–Kier alpha value is -2.16. The van der Waals surface area contributed by atoms with E-state index in [4.69, 9.17) is 4.98 Å². The van der Waals surface area contributed by atoms with Gasteiger partial charge in [-0.2, -0.15) is 0 Å². The molecule has 2 heterocycles. The lowest BCUT2D eigenvalue weighted by atomic mass is 9.86. The van der Waals surface area contributed by atoms with Crippen molar-refractivity contribution >= 4 is 6.08 Å². The molecule has 23 heavy (non-hydrogen) atoms. The first-order valence-electron chi connectivity index (χ1n) is 8.29. The minimum atomic E-state index is 0.0413. The van der Waals surface area contributed by atoms with Gasteiger partial charge in [-0.05, 0) is 23.8 Å². The first kappa shape index (κ1) is 15.7. The Morgan fingerprint density at radius 2 is 1.87 bits per heavy atom. The third-order valence-electron chi connectivity index (χ3n) is 4.54. The molecular formula is C20H24N2O. The zero-order valence-electron chi connectivity index (χ0n) is 14.2. The number of fused-ring (bicyclic) bond motifs is 1. The summed E-state index contributed by atoms with van der Waals surface area (Å²) < 4.78 is 1.81. The second-order valence-corrected chi connectivity index (χ2v) is 7.24. The lowest BCUT2D eigenvalue weighted by Crippen LogP contribution is -2.30. The van der Waals surface area contributed by atoms with Gasteiger partial charge >= 0.3 is 0 Å². The maximum absolute atomic E-state index is 12.7. The molecule has 1 aromatic heterocycles. The van der Waals surface area contributed by atoms with Crippen molar-refractivity contribution in [2.24, 2.45) is 0 Å². The summed E-state index contributed by atoms with van der Waals surface area (Å²) >= 11 is 0. The van der Waals surface area contributed by atoms with Crippen LogP contribution >= 0.6 is 0 Å². The standard InChI is InChI=1S/C20H24N2O/c1-5-16-18(14-9-11-15(12-10-14)20(2,3)4)21-17-8-6-7-13-22(17)19(16)23/h5,9-12H,1,6-8,13H2,2-4H3. The van der Waals surface area contributed by atoms with Crippen LogP contribution in [-0.2, 0) is 18.4 Å². The predicted molar refractivity (Wildman–Crippen MR) is 95.7 cm³/mol. The van der Waals surface area contributed by atoms with Crippen LogP contribution in [0.1, 0.15) is 50.6 Å². The highest BCUT2D eigenvalue weighted by atomic mass is 16.1. The smallest absolute Gasteiger partial charge is 0.261 e. The van der Waals surface area contributed by atoms with Gasteiger partial charge in [0.05, 0.1) is 11.3 Å². The minimum absolute atomic E-state index is 0.0413. The van der Waals surface area contributed by atoms with E-state index < -0.39 is 0 Å². The van der Waals surface area contributed by atoms with Gasteiger partial charge in [-0.25, -0.2) is 4.98 Å². The molecule has 1 aliphatic rings. The zero-order valence-corrected chi connectivity index (χ0v) is 14.2. The lowest BCUT2D eigenvalue weighted by Gasteiger charge is -2.21. The number of nitrogens with zero attached hydrogens (tertiary/aromatic N) is 2. The van der Waals surface area contributed by atoms with Gasteiger partial charge in [0.2, 0.25) is 0 Å². The SMILES string of the molecule is C=Cc1c(-c2ccc(C(C)(C)C)cc2)nc2n(c1=O)CCCC2. The minimum Gasteiger partial charge on any atom is -0.296 e. The molecular weight excluding hydrogens is 284 g/mol. The van der Waals surface area contributed by atoms with Crippen molar-refractivity contribution in [3.05, 3.63) is 58.1 Å². The molecule has 0 atom stereocenters. The predicted octanol–water partition coefficient (Wildman–Crippen LogP) is 4.19. The van der Waals surface area contributed by atoms with Crippen LogP contribution in [0.3, 0.4) is 0 Å². The van der Waals surface area contributed by atoms with Crippen molar-refractivity contribution in [2.75, 3.05) is 0 Å². The van der Waals surface area contributed by atoms with Gasteiger partial charge in [-0.3, -0.25) is 9.36 Å². The fourth-order valence-electron chi connectivity index (χ4n) is 3.12. The second kappa shape index (κ2) is 5.80. The van der Waals surface area contributed by atoms with Crippen LogP contribution in [0.25, 0.3) is 17.3 Å². The highest BCUT2D eigenvalue weighted by Gasteiger charge is 2.19. The molecule has 0 saturated carbocycles. The Morgan fingerprint density at radius 1 is 1.17 bits per heavy atom. The molecule has 0 aliphatic carbocycles. The van der Waals surface area contributed by atoms with Crippen LogP contribution in [0.4, 0.5) is 0 Å². The molecule has 1 aliphatic heterocycles. The normalized spacial score (nSPS) is 14.4. The maximum atomic E-state index is 12.7. The van der Waals surface area contributed by atoms with E-state index in [0.29, 0.717) is 5.56 Å². The number of aryl methyl sites for hydroxylation is 1. The van der Waals surface area contributed by atoms with E-state index in [1.165, 1.54) is 5.56 Å². The molecule has 120 valence electrons. The van der Waals surface area contributed by atoms with E-state index in [9.17, 15) is 4.79 Å². The Morgan fingerprint density at radius 3 is 2.48 bits per heavy atom. The van der Waals surface area contributed by atoms with Gasteiger partial charge in [0.25, 0.3) is 5.56 Å². The van der Waals surface area contributed by atoms with Crippen molar-refractivity contribution in [1.29, 1.82) is 0 Å². The monoisotopic (exact) mass is 308 g/mol. The van der Waals surface area contributed by atoms with E-state index in [2.05, 4.69) is 51.6 Å². The van der Waals surface area contributed by atoms with Crippen LogP contribution < -0.4 is 5.56 Å². The van der Waals surface area contributed by atoms with Crippen molar-refractivity contribution in [3.63, 3.8) is 0 Å². The highest BCUT2D eigenvalue weighted by Crippen LogP contribution is 2.27. The van der Waals surface area contributed by atoms with E-state index >= 15 is 0 Å². The van der Waals surface area contributed by atoms with Gasteiger partial charge in [-0.15, -0.1) is 0 Å². The molecule has 1 aromatic carbocycles. The number of aromatic nitrogens is 2. The van der Waals surface area contributed by atoms with Gasteiger partial charge in [0.1, 0.15) is 5.82 Å². The average Bonchev–Trinajstić information content (AvgIpc) is 2.54. The Balaban J connectivity index is 2.14. The molecule has 3 heteroatoms. The molecule has 0 spiro atoms. The number of hydrogen-bond acceptors (Lipinski definition) is 2. The number of hydrogen-bond donors (Lipinski definition) is 0. The van der Waals surface area contributed by atoms with Crippen LogP contribution in [0.2, 0.25) is 0 Å². The van der Waals surface area contributed by atoms with Gasteiger partial charge in [0, 0.05) is 18.5 Å². The fourth-order valence-corrected chi connectivity index (χ4v) is 3.12. The second-order valence-electron chi connectivity index (χ2n) is 7.24. The quantitative estimate of drug-likeness (QED) is 0.834. The molecule has 0 N–H and O–H groups in total. The van der Waals surface area contributed by atoms with E-state index in [1.54, 1.807) is 6.08 Å². The summed E-state index contributed by atoms with van der Waals surface area (Å²) in [5.74, 6) is 0.904. The number of rotatable bonds is 2. The van der Waals surface area contributed by atoms with E-state index in [0.717, 1.165) is 42.9 Å². The van der Waals surface area contributed by atoms with Crippen molar-refractivity contribution in [3.8, 4) is 11.3 Å². The molecule has 0 fully saturated rings. The first-order valence-corrected chi connectivity index (χ1v) is 8.29. The number of benzene rings is 1. The molecule has 0 unspecified atom stereocenters. The summed E-state index contributed by atoms with van der Waals surface area (Å²) in [4.78, 5) is 17.5. The average molecular weight is 308 g/mol. The Labute approximate surface area is 137 Å². The summed E-state index contributed by atoms with van der Waals surface area (Å²) in [5, 5.41) is 0. The van der Waals surface area contributed by atoms with Gasteiger partial charge < -0.3 is 0 Å². The molecule has 0 radical (unpaired) electrons. The Kier molecular flexibility index (Phi) is 3.97. The third-order valence-corrected chi connectivity index (χ3v) is 4.54. The maximum Gasteiger partial charge on any atom is 0.261 e. The third kappa shape index (κ3) is 2.88. The zero-order chi connectivity index (χ0) is 16.6. The first-order chi connectivity index (χ1) is 10.9. The summed E-state index contributed by atoms with van der Waals surface area (Å²) in [6.45, 7) is 11.2. The van der Waals surface area contributed by atoms with Crippen LogP contribution in [0.5, 0.6) is 0 Å². The van der Waals surface area contributed by atoms with Crippen molar-refractivity contribution < 1.29 is 0 Å². The molecule has 3 nitrogen and oxygen atoms in total. The van der Waals surface area contributed by atoms with E-state index in [-0.39, 0.29) is 11.0 Å². The molecule has 2 aromatic rings. The molecule has 3 rings (SSSR count).